The van der Waals surface area contributed by atoms with E-state index >= 15 is 0 Å². The van der Waals surface area contributed by atoms with Gasteiger partial charge in [0.25, 0.3) is 0 Å². The van der Waals surface area contributed by atoms with Gasteiger partial charge >= 0.3 is 0 Å². The quantitative estimate of drug-likeness (QED) is 0.151. The van der Waals surface area contributed by atoms with Crippen LogP contribution in [0.25, 0.3) is 164 Å². The standard InChI is InChI=1S/C76H46O/c1-2-15-52-42-55(39-30-47(52)14-1)73-66-21-7-9-23-68(66)75(69-24-10-8-22-67(69)73)57-41-32-49-29-38-54(44-59(49)46-57)53-37-28-48-31-40-56(45-58(48)43-53)74-64-19-5-3-17-62(64)72(63-18-4-6-20-65(63)74)51-35-33-50(34-36-51)60-25-13-26-70-61-16-11-12-27-71(61)77-76(60)70/h1-46H. The molecule has 0 atom stereocenters. The molecule has 0 amide bonds. The summed E-state index contributed by atoms with van der Waals surface area (Å²) in [5, 5.41) is 19.6. The fourth-order valence-electron chi connectivity index (χ4n) is 12.8. The lowest BCUT2D eigenvalue weighted by atomic mass is 9.85. The van der Waals surface area contributed by atoms with Crippen LogP contribution in [0.2, 0.25) is 0 Å². The van der Waals surface area contributed by atoms with Gasteiger partial charge in [-0.3, -0.25) is 0 Å². The Morgan fingerprint density at radius 1 is 0.182 bits per heavy atom. The van der Waals surface area contributed by atoms with Gasteiger partial charge in [0, 0.05) is 16.3 Å². The molecule has 0 saturated carbocycles. The molecule has 0 aliphatic carbocycles. The molecule has 1 aromatic heterocycles. The highest BCUT2D eigenvalue weighted by Crippen LogP contribution is 2.47. The second kappa shape index (κ2) is 17.2. The molecule has 0 aliphatic rings. The summed E-state index contributed by atoms with van der Waals surface area (Å²) in [6.07, 6.45) is 0. The van der Waals surface area contributed by atoms with Crippen LogP contribution in [0.15, 0.2) is 283 Å². The Kier molecular flexibility index (Phi) is 9.71. The number of benzene rings is 15. The minimum absolute atomic E-state index is 0.912. The summed E-state index contributed by atoms with van der Waals surface area (Å²) in [4.78, 5) is 0. The van der Waals surface area contributed by atoms with Crippen LogP contribution in [0.1, 0.15) is 0 Å². The molecule has 1 nitrogen and oxygen atoms in total. The molecule has 1 heteroatoms. The number of furan rings is 1. The normalized spacial score (nSPS) is 11.9. The minimum Gasteiger partial charge on any atom is -0.455 e. The van der Waals surface area contributed by atoms with Crippen LogP contribution in [0.3, 0.4) is 0 Å². The van der Waals surface area contributed by atoms with Crippen LogP contribution < -0.4 is 0 Å². The second-order valence-electron chi connectivity index (χ2n) is 20.7. The number of hydrogen-bond acceptors (Lipinski definition) is 1. The van der Waals surface area contributed by atoms with Gasteiger partial charge in [0.05, 0.1) is 0 Å². The highest BCUT2D eigenvalue weighted by Gasteiger charge is 2.20. The zero-order valence-corrected chi connectivity index (χ0v) is 42.0. The number of rotatable bonds is 6. The van der Waals surface area contributed by atoms with Crippen LogP contribution in [-0.4, -0.2) is 0 Å². The van der Waals surface area contributed by atoms with Gasteiger partial charge in [-0.05, 0) is 173 Å². The average Bonchev–Trinajstić information content (AvgIpc) is 4.04. The third kappa shape index (κ3) is 6.95. The third-order valence-electron chi connectivity index (χ3n) is 16.4. The van der Waals surface area contributed by atoms with E-state index in [1.54, 1.807) is 0 Å². The average molecular weight is 975 g/mol. The van der Waals surface area contributed by atoms with Crippen LogP contribution in [0, 0.1) is 0 Å². The van der Waals surface area contributed by atoms with Gasteiger partial charge in [0.1, 0.15) is 11.2 Å². The van der Waals surface area contributed by atoms with Crippen molar-refractivity contribution < 1.29 is 4.42 Å². The SMILES string of the molecule is c1ccc2cc(-c3c4ccccc4c(-c4ccc5ccc(-c6ccc7ccc(-c8c9ccccc9c(-c9ccc(-c%10cccc%11c%10oc%10ccccc%10%11)cc9)c9ccccc89)cc7c6)cc5c4)c4ccccc34)ccc2c1. The summed E-state index contributed by atoms with van der Waals surface area (Å²) in [5.74, 6) is 0. The summed E-state index contributed by atoms with van der Waals surface area (Å²) < 4.78 is 6.45. The molecule has 0 spiro atoms. The summed E-state index contributed by atoms with van der Waals surface area (Å²) in [5.41, 5.74) is 16.4. The maximum Gasteiger partial charge on any atom is 0.143 e. The molecule has 16 aromatic rings. The second-order valence-corrected chi connectivity index (χ2v) is 20.7. The molecular weight excluding hydrogens is 929 g/mol. The van der Waals surface area contributed by atoms with Crippen LogP contribution in [0.5, 0.6) is 0 Å². The van der Waals surface area contributed by atoms with E-state index in [-0.39, 0.29) is 0 Å². The van der Waals surface area contributed by atoms with Gasteiger partial charge < -0.3 is 4.42 Å². The predicted octanol–water partition coefficient (Wildman–Crippen LogP) is 21.7. The number of para-hydroxylation sites is 2. The lowest BCUT2D eigenvalue weighted by Crippen LogP contribution is -1.91. The van der Waals surface area contributed by atoms with Crippen LogP contribution >= 0.6 is 0 Å². The van der Waals surface area contributed by atoms with Crippen molar-refractivity contribution in [3.05, 3.63) is 279 Å². The molecule has 0 radical (unpaired) electrons. The van der Waals surface area contributed by atoms with Crippen molar-refractivity contribution in [1.82, 2.24) is 0 Å². The minimum atomic E-state index is 0.912. The third-order valence-corrected chi connectivity index (χ3v) is 16.4. The first-order valence-corrected chi connectivity index (χ1v) is 26.6. The molecule has 1 heterocycles. The van der Waals surface area contributed by atoms with Gasteiger partial charge in [-0.1, -0.05) is 243 Å². The smallest absolute Gasteiger partial charge is 0.143 e. The monoisotopic (exact) mass is 974 g/mol. The van der Waals surface area contributed by atoms with E-state index in [1.165, 1.54) is 131 Å². The molecule has 0 bridgehead atoms. The molecule has 15 aromatic carbocycles. The lowest BCUT2D eigenvalue weighted by molar-refractivity contribution is 0.670. The van der Waals surface area contributed by atoms with Gasteiger partial charge in [-0.15, -0.1) is 0 Å². The van der Waals surface area contributed by atoms with E-state index < -0.39 is 0 Å². The van der Waals surface area contributed by atoms with Gasteiger partial charge in [-0.2, -0.15) is 0 Å². The first-order chi connectivity index (χ1) is 38.2. The van der Waals surface area contributed by atoms with Crippen molar-refractivity contribution in [3.63, 3.8) is 0 Å². The molecule has 0 N–H and O–H groups in total. The number of hydrogen-bond donors (Lipinski definition) is 0. The zero-order chi connectivity index (χ0) is 50.6. The molecule has 77 heavy (non-hydrogen) atoms. The van der Waals surface area contributed by atoms with E-state index in [0.717, 1.165) is 33.1 Å². The predicted molar refractivity (Wildman–Crippen MR) is 329 cm³/mol. The van der Waals surface area contributed by atoms with Crippen molar-refractivity contribution in [3.8, 4) is 66.8 Å². The summed E-state index contributed by atoms with van der Waals surface area (Å²) >= 11 is 0. The molecule has 0 aliphatic heterocycles. The maximum absolute atomic E-state index is 6.45. The van der Waals surface area contributed by atoms with Gasteiger partial charge in [-0.25, -0.2) is 0 Å². The van der Waals surface area contributed by atoms with Gasteiger partial charge in [0.15, 0.2) is 0 Å². The fraction of sp³-hybridized carbons (Fsp3) is 0. The molecule has 356 valence electrons. The van der Waals surface area contributed by atoms with Crippen molar-refractivity contribution in [2.75, 3.05) is 0 Å². The van der Waals surface area contributed by atoms with Crippen molar-refractivity contribution in [2.45, 2.75) is 0 Å². The summed E-state index contributed by atoms with van der Waals surface area (Å²) in [6, 6.07) is 103. The van der Waals surface area contributed by atoms with Crippen molar-refractivity contribution in [1.29, 1.82) is 0 Å². The summed E-state index contributed by atoms with van der Waals surface area (Å²) in [7, 11) is 0. The van der Waals surface area contributed by atoms with Crippen LogP contribution in [0.4, 0.5) is 0 Å². The Morgan fingerprint density at radius 3 is 0.961 bits per heavy atom. The van der Waals surface area contributed by atoms with E-state index in [9.17, 15) is 0 Å². The molecule has 16 rings (SSSR count). The summed E-state index contributed by atoms with van der Waals surface area (Å²) in [6.45, 7) is 0. The van der Waals surface area contributed by atoms with E-state index in [0.29, 0.717) is 0 Å². The highest BCUT2D eigenvalue weighted by molar-refractivity contribution is 6.24. The van der Waals surface area contributed by atoms with E-state index in [2.05, 4.69) is 267 Å². The first-order valence-electron chi connectivity index (χ1n) is 26.6. The van der Waals surface area contributed by atoms with E-state index in [1.807, 2.05) is 12.1 Å². The lowest BCUT2D eigenvalue weighted by Gasteiger charge is -2.18. The Labute approximate surface area is 445 Å². The highest BCUT2D eigenvalue weighted by atomic mass is 16.3. The largest absolute Gasteiger partial charge is 0.455 e. The fourth-order valence-corrected chi connectivity index (χ4v) is 12.8. The Hall–Kier alpha value is -10.1. The topological polar surface area (TPSA) is 13.1 Å². The van der Waals surface area contributed by atoms with Crippen molar-refractivity contribution >= 4 is 97.3 Å². The number of fused-ring (bicyclic) bond motifs is 10. The van der Waals surface area contributed by atoms with Crippen molar-refractivity contribution in [2.24, 2.45) is 0 Å². The molecule has 0 unspecified atom stereocenters. The molecule has 0 saturated heterocycles. The van der Waals surface area contributed by atoms with E-state index in [4.69, 9.17) is 4.42 Å². The Balaban J connectivity index is 0.786. The van der Waals surface area contributed by atoms with Crippen LogP contribution in [-0.2, 0) is 0 Å². The first kappa shape index (κ1) is 43.3. The van der Waals surface area contributed by atoms with Gasteiger partial charge in [0.2, 0.25) is 0 Å². The molecule has 0 fully saturated rings. The molecular formula is C76H46O. The Morgan fingerprint density at radius 2 is 0.494 bits per heavy atom. The zero-order valence-electron chi connectivity index (χ0n) is 42.0. The maximum atomic E-state index is 6.45. The Bertz CT molecular complexity index is 4980.